The van der Waals surface area contributed by atoms with Crippen LogP contribution in [0, 0.1) is 6.92 Å². The number of nitrogens with zero attached hydrogens (tertiary/aromatic N) is 1. The predicted molar refractivity (Wildman–Crippen MR) is 76.5 cm³/mol. The molecule has 100 valence electrons. The second-order valence-electron chi connectivity index (χ2n) is 5.17. The highest BCUT2D eigenvalue weighted by Crippen LogP contribution is 2.26. The van der Waals surface area contributed by atoms with Crippen LogP contribution in [-0.2, 0) is 12.8 Å². The molecule has 0 bridgehead atoms. The standard InChI is InChI=1S/C15H19N3O/c1-10-3-4-13-12(9-10)11-5-7-18(15(19)16-2)8-6-14(11)17-13/h3-4,9,17H,5-8H2,1-2H3,(H,16,19). The lowest BCUT2D eigenvalue weighted by Gasteiger charge is -2.19. The first-order valence-corrected chi connectivity index (χ1v) is 6.76. The van der Waals surface area contributed by atoms with Gasteiger partial charge in [0.05, 0.1) is 0 Å². The van der Waals surface area contributed by atoms with Crippen molar-refractivity contribution >= 4 is 16.9 Å². The molecule has 0 radical (unpaired) electrons. The molecule has 0 spiro atoms. The van der Waals surface area contributed by atoms with E-state index < -0.39 is 0 Å². The van der Waals surface area contributed by atoms with Gasteiger partial charge < -0.3 is 15.2 Å². The minimum atomic E-state index is 0.0191. The summed E-state index contributed by atoms with van der Waals surface area (Å²) in [6, 6.07) is 6.54. The Morgan fingerprint density at radius 2 is 2.11 bits per heavy atom. The molecule has 1 aliphatic rings. The van der Waals surface area contributed by atoms with Crippen LogP contribution in [-0.4, -0.2) is 36.1 Å². The van der Waals surface area contributed by atoms with Crippen molar-refractivity contribution < 1.29 is 4.79 Å². The molecule has 19 heavy (non-hydrogen) atoms. The average molecular weight is 257 g/mol. The fourth-order valence-electron chi connectivity index (χ4n) is 2.88. The van der Waals surface area contributed by atoms with Crippen molar-refractivity contribution in [2.75, 3.05) is 20.1 Å². The number of hydrogen-bond donors (Lipinski definition) is 2. The van der Waals surface area contributed by atoms with Crippen LogP contribution in [0.3, 0.4) is 0 Å². The van der Waals surface area contributed by atoms with Crippen LogP contribution in [0.4, 0.5) is 4.79 Å². The van der Waals surface area contributed by atoms with E-state index in [9.17, 15) is 4.79 Å². The van der Waals surface area contributed by atoms with Gasteiger partial charge in [-0.25, -0.2) is 4.79 Å². The van der Waals surface area contributed by atoms with Crippen molar-refractivity contribution in [1.82, 2.24) is 15.2 Å². The van der Waals surface area contributed by atoms with Gasteiger partial charge in [0.2, 0.25) is 0 Å². The second kappa shape index (κ2) is 4.61. The maximum Gasteiger partial charge on any atom is 0.317 e. The summed E-state index contributed by atoms with van der Waals surface area (Å²) in [6.07, 6.45) is 1.82. The first-order valence-electron chi connectivity index (χ1n) is 6.76. The van der Waals surface area contributed by atoms with E-state index in [0.29, 0.717) is 0 Å². The highest BCUT2D eigenvalue weighted by molar-refractivity contribution is 5.85. The van der Waals surface area contributed by atoms with Gasteiger partial charge in [0, 0.05) is 43.2 Å². The number of amides is 2. The molecule has 4 heteroatoms. The lowest BCUT2D eigenvalue weighted by atomic mass is 10.1. The Hall–Kier alpha value is -1.97. The molecule has 0 saturated heterocycles. The number of benzene rings is 1. The Bertz CT molecular complexity index is 630. The summed E-state index contributed by atoms with van der Waals surface area (Å²) in [5, 5.41) is 4.02. The van der Waals surface area contributed by atoms with Crippen molar-refractivity contribution in [3.63, 3.8) is 0 Å². The predicted octanol–water partition coefficient (Wildman–Crippen LogP) is 2.22. The van der Waals surface area contributed by atoms with E-state index in [2.05, 4.69) is 35.4 Å². The Labute approximate surface area is 112 Å². The van der Waals surface area contributed by atoms with E-state index >= 15 is 0 Å². The molecule has 3 rings (SSSR count). The van der Waals surface area contributed by atoms with E-state index in [1.165, 1.54) is 27.7 Å². The van der Waals surface area contributed by atoms with E-state index in [4.69, 9.17) is 0 Å². The van der Waals surface area contributed by atoms with Crippen LogP contribution in [0.15, 0.2) is 18.2 Å². The molecule has 2 N–H and O–H groups in total. The zero-order valence-electron chi connectivity index (χ0n) is 11.4. The summed E-state index contributed by atoms with van der Waals surface area (Å²) < 4.78 is 0. The van der Waals surface area contributed by atoms with Crippen molar-refractivity contribution in [1.29, 1.82) is 0 Å². The van der Waals surface area contributed by atoms with Crippen LogP contribution in [0.1, 0.15) is 16.8 Å². The molecule has 0 fully saturated rings. The zero-order valence-corrected chi connectivity index (χ0v) is 11.4. The van der Waals surface area contributed by atoms with Crippen molar-refractivity contribution in [2.24, 2.45) is 0 Å². The third kappa shape index (κ3) is 2.07. The highest BCUT2D eigenvalue weighted by atomic mass is 16.2. The van der Waals surface area contributed by atoms with Crippen LogP contribution in [0.5, 0.6) is 0 Å². The van der Waals surface area contributed by atoms with Gasteiger partial charge in [-0.15, -0.1) is 0 Å². The second-order valence-corrected chi connectivity index (χ2v) is 5.17. The SMILES string of the molecule is CNC(=O)N1CCc2[nH]c3ccc(C)cc3c2CC1. The van der Waals surface area contributed by atoms with Gasteiger partial charge in [-0.1, -0.05) is 11.6 Å². The summed E-state index contributed by atoms with van der Waals surface area (Å²) in [5.74, 6) is 0. The number of rotatable bonds is 0. The van der Waals surface area contributed by atoms with E-state index in [1.807, 2.05) is 4.90 Å². The Morgan fingerprint density at radius 1 is 1.32 bits per heavy atom. The van der Waals surface area contributed by atoms with Gasteiger partial charge in [-0.05, 0) is 31.0 Å². The molecule has 1 aliphatic heterocycles. The van der Waals surface area contributed by atoms with Crippen LogP contribution >= 0.6 is 0 Å². The van der Waals surface area contributed by atoms with Crippen LogP contribution < -0.4 is 5.32 Å². The Morgan fingerprint density at radius 3 is 2.89 bits per heavy atom. The lowest BCUT2D eigenvalue weighted by molar-refractivity contribution is 0.202. The normalized spacial score (nSPS) is 15.2. The number of aromatic nitrogens is 1. The van der Waals surface area contributed by atoms with Gasteiger partial charge in [0.1, 0.15) is 0 Å². The van der Waals surface area contributed by atoms with Crippen molar-refractivity contribution in [3.8, 4) is 0 Å². The van der Waals surface area contributed by atoms with Gasteiger partial charge in [0.15, 0.2) is 0 Å². The van der Waals surface area contributed by atoms with Gasteiger partial charge in [-0.2, -0.15) is 0 Å². The van der Waals surface area contributed by atoms with Gasteiger partial charge >= 0.3 is 6.03 Å². The molecule has 0 aliphatic carbocycles. The summed E-state index contributed by atoms with van der Waals surface area (Å²) in [4.78, 5) is 17.1. The molecule has 2 heterocycles. The zero-order chi connectivity index (χ0) is 13.4. The number of H-pyrrole nitrogens is 1. The maximum absolute atomic E-state index is 11.7. The fourth-order valence-corrected chi connectivity index (χ4v) is 2.88. The summed E-state index contributed by atoms with van der Waals surface area (Å²) in [6.45, 7) is 3.68. The molecule has 0 unspecified atom stereocenters. The number of aryl methyl sites for hydroxylation is 1. The number of nitrogens with one attached hydrogen (secondary N) is 2. The largest absolute Gasteiger partial charge is 0.358 e. The van der Waals surface area contributed by atoms with E-state index in [0.717, 1.165) is 25.9 Å². The molecular formula is C15H19N3O. The molecule has 1 aromatic carbocycles. The first-order chi connectivity index (χ1) is 9.19. The van der Waals surface area contributed by atoms with Crippen LogP contribution in [0.2, 0.25) is 0 Å². The average Bonchev–Trinajstić information content (AvgIpc) is 2.62. The van der Waals surface area contributed by atoms with Crippen LogP contribution in [0.25, 0.3) is 10.9 Å². The smallest absolute Gasteiger partial charge is 0.317 e. The molecular weight excluding hydrogens is 238 g/mol. The number of urea groups is 1. The number of hydrogen-bond acceptors (Lipinski definition) is 1. The number of carbonyl (C=O) groups excluding carboxylic acids is 1. The molecule has 4 nitrogen and oxygen atoms in total. The van der Waals surface area contributed by atoms with Crippen molar-refractivity contribution in [3.05, 3.63) is 35.0 Å². The minimum absolute atomic E-state index is 0.0191. The van der Waals surface area contributed by atoms with E-state index in [1.54, 1.807) is 7.05 Å². The summed E-state index contributed by atoms with van der Waals surface area (Å²) >= 11 is 0. The minimum Gasteiger partial charge on any atom is -0.358 e. The van der Waals surface area contributed by atoms with E-state index in [-0.39, 0.29) is 6.03 Å². The molecule has 1 aromatic heterocycles. The number of aromatic amines is 1. The quantitative estimate of drug-likeness (QED) is 0.747. The fraction of sp³-hybridized carbons (Fsp3) is 0.400. The van der Waals surface area contributed by atoms with Gasteiger partial charge in [0.25, 0.3) is 0 Å². The summed E-state index contributed by atoms with van der Waals surface area (Å²) in [5.41, 5.74) is 5.16. The van der Waals surface area contributed by atoms with Crippen molar-refractivity contribution in [2.45, 2.75) is 19.8 Å². The monoisotopic (exact) mass is 257 g/mol. The molecule has 0 atom stereocenters. The topological polar surface area (TPSA) is 48.1 Å². The number of fused-ring (bicyclic) bond motifs is 3. The lowest BCUT2D eigenvalue weighted by Crippen LogP contribution is -2.39. The maximum atomic E-state index is 11.7. The highest BCUT2D eigenvalue weighted by Gasteiger charge is 2.20. The third-order valence-corrected chi connectivity index (χ3v) is 3.91. The molecule has 0 saturated carbocycles. The Kier molecular flexibility index (Phi) is 2.93. The third-order valence-electron chi connectivity index (χ3n) is 3.91. The Balaban J connectivity index is 1.96. The first kappa shape index (κ1) is 12.1. The van der Waals surface area contributed by atoms with Gasteiger partial charge in [-0.3, -0.25) is 0 Å². The number of carbonyl (C=O) groups is 1. The summed E-state index contributed by atoms with van der Waals surface area (Å²) in [7, 11) is 1.69. The molecule has 2 aromatic rings. The molecule has 2 amide bonds.